The predicted octanol–water partition coefficient (Wildman–Crippen LogP) is 2.32. The lowest BCUT2D eigenvalue weighted by Crippen LogP contribution is -2.22. The predicted molar refractivity (Wildman–Crippen MR) is 71.4 cm³/mol. The Hall–Kier alpha value is -1.61. The Morgan fingerprint density at radius 2 is 2.24 bits per heavy atom. The Labute approximate surface area is 101 Å². The number of para-hydroxylation sites is 1. The Kier molecular flexibility index (Phi) is 2.69. The third-order valence-corrected chi connectivity index (χ3v) is 3.28. The summed E-state index contributed by atoms with van der Waals surface area (Å²) in [4.78, 5) is 4.63. The van der Waals surface area contributed by atoms with E-state index >= 15 is 0 Å². The minimum Gasteiger partial charge on any atom is -0.379 e. The number of hydrogen-bond donors (Lipinski definition) is 2. The van der Waals surface area contributed by atoms with Gasteiger partial charge in [0.25, 0.3) is 0 Å². The zero-order valence-corrected chi connectivity index (χ0v) is 10.0. The molecule has 0 saturated carbocycles. The van der Waals surface area contributed by atoms with E-state index in [2.05, 4.69) is 45.9 Å². The van der Waals surface area contributed by atoms with E-state index in [-0.39, 0.29) is 0 Å². The van der Waals surface area contributed by atoms with Crippen LogP contribution in [0.25, 0.3) is 10.9 Å². The van der Waals surface area contributed by atoms with Gasteiger partial charge in [0, 0.05) is 23.7 Å². The van der Waals surface area contributed by atoms with E-state index in [4.69, 9.17) is 0 Å². The molecule has 17 heavy (non-hydrogen) atoms. The van der Waals surface area contributed by atoms with Crippen molar-refractivity contribution in [3.8, 4) is 0 Å². The van der Waals surface area contributed by atoms with Gasteiger partial charge in [0.1, 0.15) is 0 Å². The summed E-state index contributed by atoms with van der Waals surface area (Å²) in [6.07, 6.45) is 1.18. The van der Waals surface area contributed by atoms with E-state index in [9.17, 15) is 0 Å². The van der Waals surface area contributed by atoms with Crippen molar-refractivity contribution in [2.24, 2.45) is 0 Å². The summed E-state index contributed by atoms with van der Waals surface area (Å²) in [7, 11) is 0. The fourth-order valence-electron chi connectivity index (χ4n) is 2.36. The van der Waals surface area contributed by atoms with Gasteiger partial charge in [-0.05, 0) is 32.0 Å². The van der Waals surface area contributed by atoms with Gasteiger partial charge >= 0.3 is 0 Å². The molecular formula is C14H17N3. The van der Waals surface area contributed by atoms with Crippen molar-refractivity contribution in [1.29, 1.82) is 0 Å². The SMILES string of the molecule is Cc1ccc2cccc(NC3CCNC3)c2n1. The molecule has 1 atom stereocenters. The molecular weight excluding hydrogens is 210 g/mol. The van der Waals surface area contributed by atoms with Crippen LogP contribution in [-0.4, -0.2) is 24.1 Å². The highest BCUT2D eigenvalue weighted by molar-refractivity contribution is 5.90. The number of nitrogens with zero attached hydrogens (tertiary/aromatic N) is 1. The standard InChI is InChI=1S/C14H17N3/c1-10-5-6-11-3-2-4-13(14(11)16-10)17-12-7-8-15-9-12/h2-6,12,15,17H,7-9H2,1H3. The molecule has 2 aromatic rings. The van der Waals surface area contributed by atoms with E-state index in [1.807, 2.05) is 6.92 Å². The van der Waals surface area contributed by atoms with Crippen molar-refractivity contribution >= 4 is 16.6 Å². The van der Waals surface area contributed by atoms with Crippen LogP contribution >= 0.6 is 0 Å². The van der Waals surface area contributed by atoms with Gasteiger partial charge in [-0.2, -0.15) is 0 Å². The van der Waals surface area contributed by atoms with Crippen LogP contribution in [0.3, 0.4) is 0 Å². The number of nitrogens with one attached hydrogen (secondary N) is 2. The molecule has 0 aliphatic carbocycles. The summed E-state index contributed by atoms with van der Waals surface area (Å²) in [6.45, 7) is 4.18. The Balaban J connectivity index is 1.99. The minimum atomic E-state index is 0.530. The Morgan fingerprint density at radius 3 is 3.06 bits per heavy atom. The first kappa shape index (κ1) is 10.5. The van der Waals surface area contributed by atoms with Gasteiger partial charge in [0.05, 0.1) is 11.2 Å². The van der Waals surface area contributed by atoms with E-state index in [1.54, 1.807) is 0 Å². The maximum atomic E-state index is 4.63. The largest absolute Gasteiger partial charge is 0.379 e. The van der Waals surface area contributed by atoms with Crippen LogP contribution in [0.1, 0.15) is 12.1 Å². The highest BCUT2D eigenvalue weighted by Crippen LogP contribution is 2.23. The zero-order valence-electron chi connectivity index (χ0n) is 10.0. The van der Waals surface area contributed by atoms with Crippen molar-refractivity contribution in [2.45, 2.75) is 19.4 Å². The third kappa shape index (κ3) is 2.11. The summed E-state index contributed by atoms with van der Waals surface area (Å²) in [5.41, 5.74) is 3.30. The van der Waals surface area contributed by atoms with Crippen molar-refractivity contribution in [3.63, 3.8) is 0 Å². The smallest absolute Gasteiger partial charge is 0.0936 e. The van der Waals surface area contributed by atoms with Gasteiger partial charge in [0.15, 0.2) is 0 Å². The van der Waals surface area contributed by atoms with Gasteiger partial charge in [-0.15, -0.1) is 0 Å². The van der Waals surface area contributed by atoms with Gasteiger partial charge in [-0.1, -0.05) is 18.2 Å². The average Bonchev–Trinajstić information content (AvgIpc) is 2.83. The van der Waals surface area contributed by atoms with Crippen molar-refractivity contribution in [1.82, 2.24) is 10.3 Å². The van der Waals surface area contributed by atoms with E-state index in [0.717, 1.165) is 30.0 Å². The molecule has 2 heterocycles. The van der Waals surface area contributed by atoms with Crippen molar-refractivity contribution in [2.75, 3.05) is 18.4 Å². The molecule has 1 fully saturated rings. The molecule has 0 bridgehead atoms. The fraction of sp³-hybridized carbons (Fsp3) is 0.357. The van der Waals surface area contributed by atoms with Gasteiger partial charge in [-0.3, -0.25) is 4.98 Å². The highest BCUT2D eigenvalue weighted by Gasteiger charge is 2.15. The lowest BCUT2D eigenvalue weighted by atomic mass is 10.1. The van der Waals surface area contributed by atoms with Crippen LogP contribution < -0.4 is 10.6 Å². The number of hydrogen-bond acceptors (Lipinski definition) is 3. The van der Waals surface area contributed by atoms with Crippen LogP contribution in [0, 0.1) is 6.92 Å². The molecule has 0 spiro atoms. The normalized spacial score (nSPS) is 19.7. The Morgan fingerprint density at radius 1 is 1.29 bits per heavy atom. The van der Waals surface area contributed by atoms with Gasteiger partial charge < -0.3 is 10.6 Å². The quantitative estimate of drug-likeness (QED) is 0.826. The van der Waals surface area contributed by atoms with Gasteiger partial charge in [-0.25, -0.2) is 0 Å². The molecule has 0 radical (unpaired) electrons. The monoisotopic (exact) mass is 227 g/mol. The molecule has 88 valence electrons. The number of fused-ring (bicyclic) bond motifs is 1. The second kappa shape index (κ2) is 4.34. The minimum absolute atomic E-state index is 0.530. The molecule has 1 aromatic carbocycles. The second-order valence-corrected chi connectivity index (χ2v) is 4.66. The molecule has 2 N–H and O–H groups in total. The first-order valence-electron chi connectivity index (χ1n) is 6.16. The molecule has 1 saturated heterocycles. The topological polar surface area (TPSA) is 37.0 Å². The van der Waals surface area contributed by atoms with Crippen molar-refractivity contribution < 1.29 is 0 Å². The van der Waals surface area contributed by atoms with Crippen molar-refractivity contribution in [3.05, 3.63) is 36.0 Å². The molecule has 0 amide bonds. The number of aryl methyl sites for hydroxylation is 1. The molecule has 3 nitrogen and oxygen atoms in total. The van der Waals surface area contributed by atoms with Crippen LogP contribution in [0.5, 0.6) is 0 Å². The Bertz CT molecular complexity index is 530. The highest BCUT2D eigenvalue weighted by atomic mass is 15.0. The molecule has 1 unspecified atom stereocenters. The number of anilines is 1. The molecule has 1 aliphatic rings. The lowest BCUT2D eigenvalue weighted by molar-refractivity contribution is 0.794. The van der Waals surface area contributed by atoms with E-state index in [1.165, 1.54) is 11.8 Å². The summed E-state index contributed by atoms with van der Waals surface area (Å²) < 4.78 is 0. The number of rotatable bonds is 2. The maximum Gasteiger partial charge on any atom is 0.0936 e. The summed E-state index contributed by atoms with van der Waals surface area (Å²) >= 11 is 0. The molecule has 3 rings (SSSR count). The van der Waals surface area contributed by atoms with Crippen LogP contribution in [0.4, 0.5) is 5.69 Å². The van der Waals surface area contributed by atoms with E-state index < -0.39 is 0 Å². The average molecular weight is 227 g/mol. The van der Waals surface area contributed by atoms with Gasteiger partial charge in [0.2, 0.25) is 0 Å². The summed E-state index contributed by atoms with van der Waals surface area (Å²) in [6, 6.07) is 11.0. The molecule has 1 aromatic heterocycles. The number of aromatic nitrogens is 1. The van der Waals surface area contributed by atoms with Crippen LogP contribution in [0.15, 0.2) is 30.3 Å². The zero-order chi connectivity index (χ0) is 11.7. The molecule has 3 heteroatoms. The second-order valence-electron chi connectivity index (χ2n) is 4.66. The number of benzene rings is 1. The summed E-state index contributed by atoms with van der Waals surface area (Å²) in [5.74, 6) is 0. The molecule has 1 aliphatic heterocycles. The van der Waals surface area contributed by atoms with Crippen LogP contribution in [0.2, 0.25) is 0 Å². The van der Waals surface area contributed by atoms with Crippen LogP contribution in [-0.2, 0) is 0 Å². The van der Waals surface area contributed by atoms with E-state index in [0.29, 0.717) is 6.04 Å². The third-order valence-electron chi connectivity index (χ3n) is 3.28. The lowest BCUT2D eigenvalue weighted by Gasteiger charge is -2.14. The first-order chi connectivity index (χ1) is 8.33. The fourth-order valence-corrected chi connectivity index (χ4v) is 2.36. The number of pyridine rings is 1. The maximum absolute atomic E-state index is 4.63. The first-order valence-corrected chi connectivity index (χ1v) is 6.16. The summed E-state index contributed by atoms with van der Waals surface area (Å²) in [5, 5.41) is 8.16.